The summed E-state index contributed by atoms with van der Waals surface area (Å²) in [5.41, 5.74) is 20.9. The van der Waals surface area contributed by atoms with E-state index in [9.17, 15) is 0 Å². The molecule has 2 aliphatic carbocycles. The second-order valence-corrected chi connectivity index (χ2v) is 17.3. The highest BCUT2D eigenvalue weighted by Gasteiger charge is 2.38. The topological polar surface area (TPSA) is 16.4 Å². The van der Waals surface area contributed by atoms with Crippen molar-refractivity contribution in [1.82, 2.24) is 0 Å². The third-order valence-electron chi connectivity index (χ3n) is 12.0. The molecule has 1 heterocycles. The van der Waals surface area contributed by atoms with Crippen LogP contribution in [0, 0.1) is 20.8 Å². The first kappa shape index (κ1) is 31.9. The van der Waals surface area contributed by atoms with Crippen molar-refractivity contribution in [2.24, 2.45) is 0 Å². The van der Waals surface area contributed by atoms with Gasteiger partial charge in [0.1, 0.15) is 5.58 Å². The van der Waals surface area contributed by atoms with Crippen LogP contribution in [0.1, 0.15) is 93.0 Å². The van der Waals surface area contributed by atoms with Gasteiger partial charge >= 0.3 is 0 Å². The standard InChI is InChI=1S/C49H47NO/c1-28-21-30(3)45-38-22-29(2)23-43(46(38)51-44(45)24-28)50(32-16-19-36-34-13-11-12-14-39(34)48(7,8)41(36)26-32)33-17-20-37-35-18-15-31(47(4,5)6)25-40(35)49(9,10)42(37)27-33/h11-27H,1-10H3. The molecular formula is C49H47NO. The number of aryl methyl sites for hydroxylation is 3. The molecule has 0 amide bonds. The Labute approximate surface area is 302 Å². The summed E-state index contributed by atoms with van der Waals surface area (Å²) in [5, 5.41) is 2.37. The van der Waals surface area contributed by atoms with E-state index in [-0.39, 0.29) is 16.2 Å². The lowest BCUT2D eigenvalue weighted by Crippen LogP contribution is -2.19. The minimum absolute atomic E-state index is 0.0862. The highest BCUT2D eigenvalue weighted by molar-refractivity contribution is 6.12. The van der Waals surface area contributed by atoms with E-state index in [1.807, 2.05) is 0 Å². The molecule has 0 aliphatic heterocycles. The molecule has 0 atom stereocenters. The second-order valence-electron chi connectivity index (χ2n) is 17.3. The Balaban J connectivity index is 1.30. The fourth-order valence-electron chi connectivity index (χ4n) is 9.27. The molecule has 0 spiro atoms. The Hall–Kier alpha value is -5.08. The smallest absolute Gasteiger partial charge is 0.159 e. The average Bonchev–Trinajstić information content (AvgIpc) is 3.64. The SMILES string of the molecule is Cc1cc(C)c2c(c1)oc1c(N(c3ccc4c(c3)C(C)(C)c3ccccc3-4)c3ccc4c(c3)C(C)(C)c3cc(C(C)(C)C)ccc3-4)cc(C)cc12. The lowest BCUT2D eigenvalue weighted by molar-refractivity contribution is 0.584. The zero-order chi connectivity index (χ0) is 35.8. The molecule has 6 aromatic carbocycles. The molecule has 0 saturated heterocycles. The van der Waals surface area contributed by atoms with Gasteiger partial charge in [0.2, 0.25) is 0 Å². The molecule has 0 unspecified atom stereocenters. The quantitative estimate of drug-likeness (QED) is 0.187. The van der Waals surface area contributed by atoms with Crippen LogP contribution >= 0.6 is 0 Å². The maximum absolute atomic E-state index is 6.90. The zero-order valence-corrected chi connectivity index (χ0v) is 31.7. The molecule has 254 valence electrons. The van der Waals surface area contributed by atoms with Gasteiger partial charge in [0.05, 0.1) is 5.69 Å². The van der Waals surface area contributed by atoms with Crippen molar-refractivity contribution in [3.05, 3.63) is 148 Å². The first-order valence-corrected chi connectivity index (χ1v) is 18.4. The largest absolute Gasteiger partial charge is 0.454 e. The van der Waals surface area contributed by atoms with Crippen LogP contribution in [0.15, 0.2) is 108 Å². The molecule has 0 saturated carbocycles. The summed E-state index contributed by atoms with van der Waals surface area (Å²) >= 11 is 0. The lowest BCUT2D eigenvalue weighted by Gasteiger charge is -2.30. The highest BCUT2D eigenvalue weighted by Crippen LogP contribution is 2.54. The Bertz CT molecular complexity index is 2600. The summed E-state index contributed by atoms with van der Waals surface area (Å²) in [4.78, 5) is 2.46. The fourth-order valence-corrected chi connectivity index (χ4v) is 9.27. The molecule has 0 N–H and O–H groups in total. The van der Waals surface area contributed by atoms with Crippen molar-refractivity contribution >= 4 is 39.0 Å². The predicted octanol–water partition coefficient (Wildman–Crippen LogP) is 13.9. The highest BCUT2D eigenvalue weighted by atomic mass is 16.3. The fraction of sp³-hybridized carbons (Fsp3) is 0.265. The van der Waals surface area contributed by atoms with E-state index in [4.69, 9.17) is 4.42 Å². The Morgan fingerprint density at radius 2 is 1.10 bits per heavy atom. The Morgan fingerprint density at radius 3 is 1.75 bits per heavy atom. The third-order valence-corrected chi connectivity index (χ3v) is 12.0. The number of nitrogens with zero attached hydrogens (tertiary/aromatic N) is 1. The number of furan rings is 1. The number of hydrogen-bond donors (Lipinski definition) is 0. The van der Waals surface area contributed by atoms with Crippen LogP contribution in [0.25, 0.3) is 44.2 Å². The van der Waals surface area contributed by atoms with Crippen molar-refractivity contribution in [3.8, 4) is 22.3 Å². The number of rotatable bonds is 3. The van der Waals surface area contributed by atoms with Crippen molar-refractivity contribution < 1.29 is 4.42 Å². The van der Waals surface area contributed by atoms with Gasteiger partial charge in [0, 0.05) is 33.0 Å². The molecule has 9 rings (SSSR count). The van der Waals surface area contributed by atoms with E-state index in [0.29, 0.717) is 0 Å². The number of fused-ring (bicyclic) bond motifs is 9. The van der Waals surface area contributed by atoms with Crippen LogP contribution in [0.4, 0.5) is 17.1 Å². The first-order valence-electron chi connectivity index (χ1n) is 18.4. The van der Waals surface area contributed by atoms with E-state index in [1.165, 1.54) is 77.5 Å². The molecule has 7 aromatic rings. The summed E-state index contributed by atoms with van der Waals surface area (Å²) < 4.78 is 6.90. The Kier molecular flexibility index (Phi) is 6.55. The Morgan fingerprint density at radius 1 is 0.549 bits per heavy atom. The molecule has 0 fully saturated rings. The molecule has 51 heavy (non-hydrogen) atoms. The van der Waals surface area contributed by atoms with Gasteiger partial charge in [-0.15, -0.1) is 0 Å². The minimum Gasteiger partial charge on any atom is -0.454 e. The maximum atomic E-state index is 6.90. The van der Waals surface area contributed by atoms with Crippen LogP contribution in [0.2, 0.25) is 0 Å². The summed E-state index contributed by atoms with van der Waals surface area (Å²) in [6, 6.07) is 39.3. The summed E-state index contributed by atoms with van der Waals surface area (Å²) in [7, 11) is 0. The molecule has 0 radical (unpaired) electrons. The van der Waals surface area contributed by atoms with E-state index >= 15 is 0 Å². The number of benzene rings is 6. The molecule has 2 nitrogen and oxygen atoms in total. The summed E-state index contributed by atoms with van der Waals surface area (Å²) in [5.74, 6) is 0. The van der Waals surface area contributed by atoms with E-state index in [0.717, 1.165) is 28.2 Å². The number of hydrogen-bond acceptors (Lipinski definition) is 2. The van der Waals surface area contributed by atoms with Gasteiger partial charge in [0.25, 0.3) is 0 Å². The van der Waals surface area contributed by atoms with Crippen molar-refractivity contribution in [2.75, 3.05) is 4.90 Å². The van der Waals surface area contributed by atoms with Gasteiger partial charge < -0.3 is 9.32 Å². The van der Waals surface area contributed by atoms with Crippen LogP contribution < -0.4 is 4.90 Å². The van der Waals surface area contributed by atoms with Crippen LogP contribution in [-0.2, 0) is 16.2 Å². The summed E-state index contributed by atoms with van der Waals surface area (Å²) in [6.45, 7) is 23.0. The molecule has 2 heteroatoms. The first-order chi connectivity index (χ1) is 24.1. The average molecular weight is 666 g/mol. The van der Waals surface area contributed by atoms with Crippen molar-refractivity contribution in [3.63, 3.8) is 0 Å². The second kappa shape index (κ2) is 10.5. The summed E-state index contributed by atoms with van der Waals surface area (Å²) in [6.07, 6.45) is 0. The van der Waals surface area contributed by atoms with E-state index in [1.54, 1.807) is 0 Å². The van der Waals surface area contributed by atoms with Crippen LogP contribution in [-0.4, -0.2) is 0 Å². The van der Waals surface area contributed by atoms with Crippen LogP contribution in [0.3, 0.4) is 0 Å². The molecule has 1 aromatic heterocycles. The van der Waals surface area contributed by atoms with Crippen LogP contribution in [0.5, 0.6) is 0 Å². The van der Waals surface area contributed by atoms with Crippen molar-refractivity contribution in [2.45, 2.75) is 85.5 Å². The predicted molar refractivity (Wildman–Crippen MR) is 216 cm³/mol. The normalized spacial score (nSPS) is 15.2. The van der Waals surface area contributed by atoms with Crippen molar-refractivity contribution in [1.29, 1.82) is 0 Å². The third kappa shape index (κ3) is 4.55. The van der Waals surface area contributed by atoms with Gasteiger partial charge in [-0.3, -0.25) is 0 Å². The minimum atomic E-state index is -0.148. The molecule has 2 aliphatic rings. The van der Waals surface area contributed by atoms with Gasteiger partial charge in [-0.1, -0.05) is 109 Å². The lowest BCUT2D eigenvalue weighted by atomic mass is 9.79. The molecule has 0 bridgehead atoms. The van der Waals surface area contributed by atoms with E-state index in [2.05, 4.69) is 177 Å². The zero-order valence-electron chi connectivity index (χ0n) is 31.7. The molecular weight excluding hydrogens is 619 g/mol. The van der Waals surface area contributed by atoms with Gasteiger partial charge in [-0.2, -0.15) is 0 Å². The monoisotopic (exact) mass is 665 g/mol. The maximum Gasteiger partial charge on any atom is 0.159 e. The van der Waals surface area contributed by atoms with Gasteiger partial charge in [0.15, 0.2) is 5.58 Å². The van der Waals surface area contributed by atoms with Gasteiger partial charge in [-0.05, 0) is 135 Å². The number of anilines is 3. The van der Waals surface area contributed by atoms with E-state index < -0.39 is 0 Å². The van der Waals surface area contributed by atoms with Gasteiger partial charge in [-0.25, -0.2) is 0 Å².